The Bertz CT molecular complexity index is 742. The fourth-order valence-electron chi connectivity index (χ4n) is 3.99. The van der Waals surface area contributed by atoms with Crippen LogP contribution in [0.25, 0.3) is 0 Å². The fraction of sp³-hybridized carbons (Fsp3) is 0.667. The maximum atomic E-state index is 13.0. The number of sulfonamides is 1. The van der Waals surface area contributed by atoms with Crippen molar-refractivity contribution in [1.82, 2.24) is 9.21 Å². The summed E-state index contributed by atoms with van der Waals surface area (Å²) < 4.78 is 71.3. The molecular formula is C18H25F3N2O3S. The molecule has 2 aliphatic rings. The summed E-state index contributed by atoms with van der Waals surface area (Å²) in [6.07, 6.45) is -2.80. The van der Waals surface area contributed by atoms with Gasteiger partial charge in [0.05, 0.1) is 22.7 Å². The Kier molecular flexibility index (Phi) is 5.86. The Morgan fingerprint density at radius 2 is 1.70 bits per heavy atom. The van der Waals surface area contributed by atoms with Gasteiger partial charge in [-0.2, -0.15) is 17.5 Å². The minimum absolute atomic E-state index is 0.0916. The van der Waals surface area contributed by atoms with Gasteiger partial charge in [-0.1, -0.05) is 0 Å². The summed E-state index contributed by atoms with van der Waals surface area (Å²) in [5.74, 6) is 0. The molecule has 152 valence electrons. The second-order valence-electron chi connectivity index (χ2n) is 7.41. The normalized spacial score (nSPS) is 28.6. The molecule has 3 atom stereocenters. The number of morpholine rings is 1. The van der Waals surface area contributed by atoms with Crippen LogP contribution in [0.2, 0.25) is 0 Å². The quantitative estimate of drug-likeness (QED) is 0.772. The van der Waals surface area contributed by atoms with E-state index < -0.39 is 21.8 Å². The first kappa shape index (κ1) is 20.6. The van der Waals surface area contributed by atoms with Crippen molar-refractivity contribution < 1.29 is 26.3 Å². The molecule has 0 amide bonds. The smallest absolute Gasteiger partial charge is 0.373 e. The highest BCUT2D eigenvalue weighted by Crippen LogP contribution is 2.32. The van der Waals surface area contributed by atoms with Crippen molar-refractivity contribution >= 4 is 10.0 Å². The lowest BCUT2D eigenvalue weighted by Gasteiger charge is -2.38. The van der Waals surface area contributed by atoms with E-state index in [1.165, 1.54) is 4.31 Å². The van der Waals surface area contributed by atoms with Crippen LogP contribution >= 0.6 is 0 Å². The van der Waals surface area contributed by atoms with Gasteiger partial charge < -0.3 is 4.74 Å². The predicted molar refractivity (Wildman–Crippen MR) is 94.8 cm³/mol. The van der Waals surface area contributed by atoms with E-state index in [0.29, 0.717) is 13.1 Å². The van der Waals surface area contributed by atoms with Gasteiger partial charge in [0.15, 0.2) is 0 Å². The number of ether oxygens (including phenoxy) is 1. The average Bonchev–Trinajstić information content (AvgIpc) is 3.02. The third-order valence-electron chi connectivity index (χ3n) is 5.08. The van der Waals surface area contributed by atoms with E-state index in [4.69, 9.17) is 4.74 Å². The van der Waals surface area contributed by atoms with Crippen LogP contribution in [0, 0.1) is 0 Å². The maximum Gasteiger partial charge on any atom is 0.416 e. The number of benzene rings is 1. The number of hydrogen-bond donors (Lipinski definition) is 0. The lowest BCUT2D eigenvalue weighted by Crippen LogP contribution is -2.50. The van der Waals surface area contributed by atoms with E-state index in [1.54, 1.807) is 0 Å². The van der Waals surface area contributed by atoms with Gasteiger partial charge in [-0.05, 0) is 51.0 Å². The molecule has 27 heavy (non-hydrogen) atoms. The number of alkyl halides is 3. The van der Waals surface area contributed by atoms with Crippen LogP contribution in [0.15, 0.2) is 29.2 Å². The van der Waals surface area contributed by atoms with Crippen LogP contribution in [0.3, 0.4) is 0 Å². The van der Waals surface area contributed by atoms with Gasteiger partial charge in [-0.25, -0.2) is 8.42 Å². The molecule has 1 aromatic carbocycles. The third kappa shape index (κ3) is 4.64. The molecule has 3 unspecified atom stereocenters. The van der Waals surface area contributed by atoms with Crippen molar-refractivity contribution in [3.8, 4) is 0 Å². The van der Waals surface area contributed by atoms with Gasteiger partial charge in [0, 0.05) is 32.2 Å². The summed E-state index contributed by atoms with van der Waals surface area (Å²) in [4.78, 5) is 2.12. The summed E-state index contributed by atoms with van der Waals surface area (Å²) >= 11 is 0. The van der Waals surface area contributed by atoms with Gasteiger partial charge in [-0.15, -0.1) is 0 Å². The molecule has 3 rings (SSSR count). The minimum Gasteiger partial charge on any atom is -0.373 e. The van der Waals surface area contributed by atoms with Crippen molar-refractivity contribution in [3.63, 3.8) is 0 Å². The molecule has 0 aromatic heterocycles. The Morgan fingerprint density at radius 3 is 2.26 bits per heavy atom. The highest BCUT2D eigenvalue weighted by Gasteiger charge is 2.38. The van der Waals surface area contributed by atoms with E-state index in [9.17, 15) is 21.6 Å². The van der Waals surface area contributed by atoms with E-state index in [1.807, 2.05) is 13.8 Å². The van der Waals surface area contributed by atoms with Crippen LogP contribution in [0.4, 0.5) is 13.2 Å². The fourth-order valence-corrected chi connectivity index (χ4v) is 5.68. The average molecular weight is 406 g/mol. The van der Waals surface area contributed by atoms with Crippen LogP contribution in [-0.2, 0) is 20.9 Å². The molecule has 5 nitrogen and oxygen atoms in total. The zero-order valence-electron chi connectivity index (χ0n) is 15.4. The zero-order chi connectivity index (χ0) is 19.8. The molecular weight excluding hydrogens is 381 g/mol. The van der Waals surface area contributed by atoms with E-state index in [-0.39, 0.29) is 23.1 Å². The standard InChI is InChI=1S/C18H25F3N2O3S/c1-13-10-22(11-14(2)26-13)12-16-4-3-9-23(16)27(24,25)17-7-5-15(6-8-17)18(19,20)21/h5-8,13-14,16H,3-4,9-12H2,1-2H3. The second-order valence-corrected chi connectivity index (χ2v) is 9.30. The van der Waals surface area contributed by atoms with Crippen LogP contribution in [-0.4, -0.2) is 62.1 Å². The van der Waals surface area contributed by atoms with Crippen LogP contribution in [0.1, 0.15) is 32.3 Å². The SMILES string of the molecule is CC1CN(CC2CCCN2S(=O)(=O)c2ccc(C(F)(F)F)cc2)CC(C)O1. The summed E-state index contributed by atoms with van der Waals surface area (Å²) in [5, 5.41) is 0. The third-order valence-corrected chi connectivity index (χ3v) is 7.04. The van der Waals surface area contributed by atoms with Crippen molar-refractivity contribution in [1.29, 1.82) is 0 Å². The highest BCUT2D eigenvalue weighted by atomic mass is 32.2. The lowest BCUT2D eigenvalue weighted by molar-refractivity contribution is -0.137. The Balaban J connectivity index is 1.75. The van der Waals surface area contributed by atoms with Crippen molar-refractivity contribution in [2.75, 3.05) is 26.2 Å². The molecule has 9 heteroatoms. The molecule has 0 spiro atoms. The molecule has 2 heterocycles. The number of halogens is 3. The largest absolute Gasteiger partial charge is 0.416 e. The molecule has 0 saturated carbocycles. The topological polar surface area (TPSA) is 49.9 Å². The Morgan fingerprint density at radius 1 is 1.11 bits per heavy atom. The molecule has 0 radical (unpaired) electrons. The number of nitrogens with zero attached hydrogens (tertiary/aromatic N) is 2. The lowest BCUT2D eigenvalue weighted by atomic mass is 10.1. The molecule has 1 aromatic rings. The molecule has 2 fully saturated rings. The van der Waals surface area contributed by atoms with Crippen LogP contribution < -0.4 is 0 Å². The van der Waals surface area contributed by atoms with Crippen molar-refractivity contribution in [3.05, 3.63) is 29.8 Å². The highest BCUT2D eigenvalue weighted by molar-refractivity contribution is 7.89. The van der Waals surface area contributed by atoms with E-state index >= 15 is 0 Å². The van der Waals surface area contributed by atoms with Gasteiger partial charge >= 0.3 is 6.18 Å². The summed E-state index contributed by atoms with van der Waals surface area (Å²) in [5.41, 5.74) is -0.851. The van der Waals surface area contributed by atoms with Gasteiger partial charge in [-0.3, -0.25) is 4.90 Å². The van der Waals surface area contributed by atoms with Crippen LogP contribution in [0.5, 0.6) is 0 Å². The first-order valence-electron chi connectivity index (χ1n) is 9.14. The Hall–Kier alpha value is -1.16. The van der Waals surface area contributed by atoms with Crippen molar-refractivity contribution in [2.45, 2.75) is 56.0 Å². The summed E-state index contributed by atoms with van der Waals surface area (Å²) in [6.45, 7) is 6.48. The van der Waals surface area contributed by atoms with Gasteiger partial charge in [0.1, 0.15) is 0 Å². The first-order chi connectivity index (χ1) is 12.6. The first-order valence-corrected chi connectivity index (χ1v) is 10.6. The molecule has 2 saturated heterocycles. The van der Waals surface area contributed by atoms with E-state index in [0.717, 1.165) is 50.2 Å². The summed E-state index contributed by atoms with van der Waals surface area (Å²) in [7, 11) is -3.82. The molecule has 0 N–H and O–H groups in total. The monoisotopic (exact) mass is 406 g/mol. The number of rotatable bonds is 4. The van der Waals surface area contributed by atoms with Gasteiger partial charge in [0.25, 0.3) is 0 Å². The van der Waals surface area contributed by atoms with Gasteiger partial charge in [0.2, 0.25) is 10.0 Å². The maximum absolute atomic E-state index is 13.0. The summed E-state index contributed by atoms with van der Waals surface area (Å²) in [6, 6.07) is 3.57. The van der Waals surface area contributed by atoms with Crippen molar-refractivity contribution in [2.24, 2.45) is 0 Å². The zero-order valence-corrected chi connectivity index (χ0v) is 16.3. The predicted octanol–water partition coefficient (Wildman–Crippen LogP) is 2.97. The molecule has 2 aliphatic heterocycles. The Labute approximate surface area is 158 Å². The van der Waals surface area contributed by atoms with E-state index in [2.05, 4.69) is 4.90 Å². The minimum atomic E-state index is -4.48. The molecule has 0 bridgehead atoms. The molecule has 0 aliphatic carbocycles. The number of hydrogen-bond acceptors (Lipinski definition) is 4. The second kappa shape index (κ2) is 7.69.